The van der Waals surface area contributed by atoms with Gasteiger partial charge in [0.25, 0.3) is 0 Å². The Balaban J connectivity index is 1.91. The maximum atomic E-state index is 14.0. The van der Waals surface area contributed by atoms with Crippen LogP contribution in [0.3, 0.4) is 0 Å². The van der Waals surface area contributed by atoms with Crippen LogP contribution in [0.1, 0.15) is 49.3 Å². The molecule has 1 atom stereocenters. The van der Waals surface area contributed by atoms with E-state index in [1.165, 1.54) is 4.31 Å². The van der Waals surface area contributed by atoms with Crippen LogP contribution in [0.2, 0.25) is 15.1 Å². The third-order valence-electron chi connectivity index (χ3n) is 7.10. The molecule has 0 aliphatic heterocycles. The van der Waals surface area contributed by atoms with Gasteiger partial charge >= 0.3 is 0 Å². The number of anilines is 1. The van der Waals surface area contributed by atoms with Crippen LogP contribution in [0.15, 0.2) is 66.7 Å². The van der Waals surface area contributed by atoms with E-state index in [4.69, 9.17) is 34.8 Å². The molecule has 11 heteroatoms. The smallest absolute Gasteiger partial charge is 0.243 e. The maximum absolute atomic E-state index is 14.0. The third kappa shape index (κ3) is 10.1. The van der Waals surface area contributed by atoms with Gasteiger partial charge in [0.15, 0.2) is 0 Å². The van der Waals surface area contributed by atoms with Crippen molar-refractivity contribution in [2.75, 3.05) is 23.7 Å². The van der Waals surface area contributed by atoms with E-state index < -0.39 is 16.1 Å². The van der Waals surface area contributed by atoms with Crippen molar-refractivity contribution in [3.05, 3.63) is 98.5 Å². The van der Waals surface area contributed by atoms with Gasteiger partial charge in [0.1, 0.15) is 6.04 Å². The van der Waals surface area contributed by atoms with Crippen molar-refractivity contribution in [2.45, 2.75) is 58.5 Å². The molecule has 0 radical (unpaired) electrons. The first-order chi connectivity index (χ1) is 20.4. The highest BCUT2D eigenvalue weighted by Crippen LogP contribution is 2.29. The van der Waals surface area contributed by atoms with E-state index in [2.05, 4.69) is 5.32 Å². The van der Waals surface area contributed by atoms with Crippen molar-refractivity contribution in [1.29, 1.82) is 0 Å². The summed E-state index contributed by atoms with van der Waals surface area (Å²) in [7, 11) is -3.66. The Morgan fingerprint density at radius 3 is 2.26 bits per heavy atom. The number of hydrogen-bond donors (Lipinski definition) is 1. The largest absolute Gasteiger partial charge is 0.354 e. The Kier molecular flexibility index (Phi) is 13.2. The summed E-state index contributed by atoms with van der Waals surface area (Å²) in [5.41, 5.74) is 2.72. The molecule has 0 bridgehead atoms. The fourth-order valence-electron chi connectivity index (χ4n) is 4.74. The average molecular weight is 667 g/mol. The first-order valence-electron chi connectivity index (χ1n) is 14.2. The minimum atomic E-state index is -3.66. The van der Waals surface area contributed by atoms with E-state index in [1.807, 2.05) is 37.3 Å². The van der Waals surface area contributed by atoms with E-state index in [1.54, 1.807) is 48.2 Å². The highest BCUT2D eigenvalue weighted by molar-refractivity contribution is 7.92. The molecule has 3 aromatic rings. The molecule has 0 unspecified atom stereocenters. The monoisotopic (exact) mass is 665 g/mol. The van der Waals surface area contributed by atoms with Crippen LogP contribution < -0.4 is 9.62 Å². The summed E-state index contributed by atoms with van der Waals surface area (Å²) in [5, 5.41) is 4.18. The van der Waals surface area contributed by atoms with Gasteiger partial charge in [0, 0.05) is 37.5 Å². The summed E-state index contributed by atoms with van der Waals surface area (Å²) >= 11 is 18.7. The second-order valence-electron chi connectivity index (χ2n) is 10.4. The summed E-state index contributed by atoms with van der Waals surface area (Å²) in [6.45, 7) is 4.48. The summed E-state index contributed by atoms with van der Waals surface area (Å²) in [4.78, 5) is 29.1. The quantitative estimate of drug-likeness (QED) is 0.176. The van der Waals surface area contributed by atoms with Crippen molar-refractivity contribution in [3.63, 3.8) is 0 Å². The van der Waals surface area contributed by atoms with Crippen molar-refractivity contribution in [3.8, 4) is 0 Å². The number of hydrogen-bond acceptors (Lipinski definition) is 4. The molecule has 3 aromatic carbocycles. The van der Waals surface area contributed by atoms with Gasteiger partial charge in [-0.3, -0.25) is 13.9 Å². The SMILES string of the molecule is CCCCNC(=O)[C@H](Cc1ccccc1)N(Cc1ccc(Cl)c(Cl)c1)C(=O)CCCN(c1cccc(Cl)c1C)S(C)(=O)=O. The van der Waals surface area contributed by atoms with Crippen LogP contribution in [0.5, 0.6) is 0 Å². The first kappa shape index (κ1) is 34.7. The molecule has 0 aromatic heterocycles. The number of nitrogens with zero attached hydrogens (tertiary/aromatic N) is 2. The number of carbonyl (C=O) groups is 2. The molecule has 7 nitrogen and oxygen atoms in total. The lowest BCUT2D eigenvalue weighted by atomic mass is 10.0. The molecule has 1 N–H and O–H groups in total. The van der Waals surface area contributed by atoms with Crippen molar-refractivity contribution in [1.82, 2.24) is 10.2 Å². The van der Waals surface area contributed by atoms with Crippen LogP contribution >= 0.6 is 34.8 Å². The normalized spacial score (nSPS) is 12.0. The van der Waals surface area contributed by atoms with E-state index in [9.17, 15) is 18.0 Å². The predicted molar refractivity (Wildman–Crippen MR) is 176 cm³/mol. The van der Waals surface area contributed by atoms with E-state index in [0.29, 0.717) is 39.3 Å². The number of sulfonamides is 1. The summed E-state index contributed by atoms with van der Waals surface area (Å²) in [6, 6.07) is 18.9. The molecule has 0 aliphatic carbocycles. The molecule has 232 valence electrons. The third-order valence-corrected chi connectivity index (χ3v) is 9.43. The second-order valence-corrected chi connectivity index (χ2v) is 13.6. The van der Waals surface area contributed by atoms with Gasteiger partial charge < -0.3 is 10.2 Å². The molecule has 0 saturated heterocycles. The number of halogens is 3. The fraction of sp³-hybridized carbons (Fsp3) is 0.375. The Morgan fingerprint density at radius 2 is 1.60 bits per heavy atom. The lowest BCUT2D eigenvalue weighted by Crippen LogP contribution is -2.50. The zero-order valence-corrected chi connectivity index (χ0v) is 27.7. The molecule has 2 amide bonds. The van der Waals surface area contributed by atoms with Crippen molar-refractivity contribution < 1.29 is 18.0 Å². The Hall–Kier alpha value is -2.78. The fourth-order valence-corrected chi connectivity index (χ4v) is 6.25. The standard InChI is InChI=1S/C32H38Cl3N3O4S/c1-4-5-18-36-32(40)30(21-24-11-7-6-8-12-24)37(22-25-16-17-27(34)28(35)20-25)31(39)15-10-19-38(43(3,41)42)29-14-9-13-26(33)23(29)2/h6-9,11-14,16-17,20,30H,4-5,10,15,18-19,21-22H2,1-3H3,(H,36,40)/t30-/m0/s1. The molecule has 0 aliphatic rings. The minimum absolute atomic E-state index is 0.0144. The molecule has 0 fully saturated rings. The van der Waals surface area contributed by atoms with Gasteiger partial charge in [-0.1, -0.05) is 90.6 Å². The van der Waals surface area contributed by atoms with Crippen LogP contribution in [0.25, 0.3) is 0 Å². The Bertz CT molecular complexity index is 1500. The predicted octanol–water partition coefficient (Wildman–Crippen LogP) is 7.06. The van der Waals surface area contributed by atoms with Gasteiger partial charge in [0.05, 0.1) is 22.0 Å². The second kappa shape index (κ2) is 16.3. The number of carbonyl (C=O) groups excluding carboxylic acids is 2. The van der Waals surface area contributed by atoms with Crippen LogP contribution in [0, 0.1) is 6.92 Å². The van der Waals surface area contributed by atoms with Crippen LogP contribution in [0.4, 0.5) is 5.69 Å². The van der Waals surface area contributed by atoms with Gasteiger partial charge in [0.2, 0.25) is 21.8 Å². The van der Waals surface area contributed by atoms with Crippen molar-refractivity contribution in [2.24, 2.45) is 0 Å². The number of nitrogens with one attached hydrogen (secondary N) is 1. The molecule has 3 rings (SSSR count). The summed E-state index contributed by atoms with van der Waals surface area (Å²) in [6.07, 6.45) is 3.41. The van der Waals surface area contributed by atoms with Gasteiger partial charge in [-0.15, -0.1) is 0 Å². The molecular formula is C32H38Cl3N3O4S. The zero-order valence-electron chi connectivity index (χ0n) is 24.7. The highest BCUT2D eigenvalue weighted by atomic mass is 35.5. The van der Waals surface area contributed by atoms with Crippen molar-refractivity contribution >= 4 is 62.3 Å². The Morgan fingerprint density at radius 1 is 0.884 bits per heavy atom. The number of unbranched alkanes of at least 4 members (excludes halogenated alkanes) is 1. The number of rotatable bonds is 15. The molecule has 0 saturated carbocycles. The summed E-state index contributed by atoms with van der Waals surface area (Å²) < 4.78 is 26.8. The molecule has 43 heavy (non-hydrogen) atoms. The lowest BCUT2D eigenvalue weighted by molar-refractivity contribution is -0.141. The maximum Gasteiger partial charge on any atom is 0.243 e. The average Bonchev–Trinajstić information content (AvgIpc) is 2.96. The minimum Gasteiger partial charge on any atom is -0.354 e. The zero-order chi connectivity index (χ0) is 31.6. The molecular weight excluding hydrogens is 629 g/mol. The van der Waals surface area contributed by atoms with E-state index in [-0.39, 0.29) is 37.7 Å². The van der Waals surface area contributed by atoms with Gasteiger partial charge in [-0.2, -0.15) is 0 Å². The van der Waals surface area contributed by atoms with Crippen LogP contribution in [-0.2, 0) is 32.6 Å². The molecule has 0 heterocycles. The highest BCUT2D eigenvalue weighted by Gasteiger charge is 2.30. The van der Waals surface area contributed by atoms with Gasteiger partial charge in [-0.25, -0.2) is 8.42 Å². The topological polar surface area (TPSA) is 86.8 Å². The summed E-state index contributed by atoms with van der Waals surface area (Å²) in [5.74, 6) is -0.535. The van der Waals surface area contributed by atoms with Gasteiger partial charge in [-0.05, 0) is 60.7 Å². The van der Waals surface area contributed by atoms with E-state index >= 15 is 0 Å². The first-order valence-corrected chi connectivity index (χ1v) is 17.2. The number of amides is 2. The van der Waals surface area contributed by atoms with E-state index in [0.717, 1.165) is 30.2 Å². The van der Waals surface area contributed by atoms with Crippen LogP contribution in [-0.4, -0.2) is 50.5 Å². The number of benzene rings is 3. The lowest BCUT2D eigenvalue weighted by Gasteiger charge is -2.32. The molecule has 0 spiro atoms. The Labute approximate surface area is 270 Å².